The fourth-order valence-electron chi connectivity index (χ4n) is 3.54. The third kappa shape index (κ3) is 5.35. The normalized spacial score (nSPS) is 10.6. The van der Waals surface area contributed by atoms with Crippen LogP contribution in [0.5, 0.6) is 5.75 Å². The first-order chi connectivity index (χ1) is 16.6. The zero-order valence-electron chi connectivity index (χ0n) is 19.1. The Kier molecular flexibility index (Phi) is 7.07. The number of rotatable bonds is 9. The van der Waals surface area contributed by atoms with Crippen molar-refractivity contribution in [1.82, 2.24) is 14.5 Å². The second-order valence-electron chi connectivity index (χ2n) is 7.61. The maximum absolute atomic E-state index is 13.0. The van der Waals surface area contributed by atoms with Gasteiger partial charge in [-0.15, -0.1) is 0 Å². The number of benzene rings is 2. The summed E-state index contributed by atoms with van der Waals surface area (Å²) < 4.78 is 12.4. The van der Waals surface area contributed by atoms with Crippen LogP contribution in [0.3, 0.4) is 0 Å². The molecule has 0 saturated heterocycles. The predicted octanol–water partition coefficient (Wildman–Crippen LogP) is 4.52. The minimum atomic E-state index is -0.350. The standard InChI is InChI=1S/C26H26N4O4/c1-3-25(32)29(16-22-10-7-15-34-22)18-24(31)28-26-27-23(19-11-13-21(33-2)14-12-19)17-30(26)20-8-5-4-6-9-20/h4-15,17H,3,16,18H2,1-2H3,(H,27,28,31). The maximum Gasteiger partial charge on any atom is 0.246 e. The fourth-order valence-corrected chi connectivity index (χ4v) is 3.54. The molecule has 174 valence electrons. The van der Waals surface area contributed by atoms with Gasteiger partial charge in [-0.05, 0) is 48.5 Å². The minimum absolute atomic E-state index is 0.118. The molecule has 0 aliphatic rings. The summed E-state index contributed by atoms with van der Waals surface area (Å²) >= 11 is 0. The fraction of sp³-hybridized carbons (Fsp3) is 0.192. The number of carbonyl (C=O) groups excluding carboxylic acids is 2. The Morgan fingerprint density at radius 1 is 1.06 bits per heavy atom. The number of anilines is 1. The van der Waals surface area contributed by atoms with E-state index in [2.05, 4.69) is 10.3 Å². The average molecular weight is 459 g/mol. The van der Waals surface area contributed by atoms with E-state index in [0.717, 1.165) is 17.0 Å². The van der Waals surface area contributed by atoms with Crippen molar-refractivity contribution in [2.75, 3.05) is 19.0 Å². The molecule has 0 saturated carbocycles. The Morgan fingerprint density at radius 2 is 1.82 bits per heavy atom. The van der Waals surface area contributed by atoms with Gasteiger partial charge >= 0.3 is 0 Å². The van der Waals surface area contributed by atoms with Gasteiger partial charge in [-0.1, -0.05) is 25.1 Å². The van der Waals surface area contributed by atoms with Crippen molar-refractivity contribution >= 4 is 17.8 Å². The lowest BCUT2D eigenvalue weighted by atomic mass is 10.1. The molecule has 0 atom stereocenters. The SMILES string of the molecule is CCC(=O)N(CC(=O)Nc1nc(-c2ccc(OC)cc2)cn1-c1ccccc1)Cc1ccco1. The number of nitrogens with one attached hydrogen (secondary N) is 1. The average Bonchev–Trinajstić information content (AvgIpc) is 3.54. The van der Waals surface area contributed by atoms with Crippen LogP contribution in [0, 0.1) is 0 Å². The number of hydrogen-bond acceptors (Lipinski definition) is 5. The molecule has 0 aliphatic heterocycles. The summed E-state index contributed by atoms with van der Waals surface area (Å²) in [4.78, 5) is 31.5. The lowest BCUT2D eigenvalue weighted by Gasteiger charge is -2.20. The molecule has 0 aliphatic carbocycles. The van der Waals surface area contributed by atoms with Gasteiger partial charge in [0.1, 0.15) is 18.1 Å². The predicted molar refractivity (Wildman–Crippen MR) is 129 cm³/mol. The molecular weight excluding hydrogens is 432 g/mol. The van der Waals surface area contributed by atoms with Crippen LogP contribution in [0.2, 0.25) is 0 Å². The van der Waals surface area contributed by atoms with E-state index in [4.69, 9.17) is 9.15 Å². The van der Waals surface area contributed by atoms with Crippen LogP contribution in [0.15, 0.2) is 83.6 Å². The van der Waals surface area contributed by atoms with Crippen LogP contribution in [0.1, 0.15) is 19.1 Å². The zero-order valence-corrected chi connectivity index (χ0v) is 19.1. The van der Waals surface area contributed by atoms with E-state index in [1.165, 1.54) is 4.90 Å². The summed E-state index contributed by atoms with van der Waals surface area (Å²) in [6, 6.07) is 20.7. The highest BCUT2D eigenvalue weighted by Crippen LogP contribution is 2.26. The second kappa shape index (κ2) is 10.5. The first-order valence-electron chi connectivity index (χ1n) is 11.0. The minimum Gasteiger partial charge on any atom is -0.497 e. The zero-order chi connectivity index (χ0) is 23.9. The van der Waals surface area contributed by atoms with Crippen molar-refractivity contribution in [2.45, 2.75) is 19.9 Å². The van der Waals surface area contributed by atoms with Crippen LogP contribution in [0.25, 0.3) is 16.9 Å². The molecule has 4 rings (SSSR count). The number of ether oxygens (including phenoxy) is 1. The molecule has 2 aromatic heterocycles. The number of carbonyl (C=O) groups is 2. The van der Waals surface area contributed by atoms with Crippen molar-refractivity contribution in [3.05, 3.63) is 85.0 Å². The first kappa shape index (κ1) is 22.8. The molecule has 8 nitrogen and oxygen atoms in total. The molecule has 0 spiro atoms. The van der Waals surface area contributed by atoms with E-state index >= 15 is 0 Å². The molecular formula is C26H26N4O4. The van der Waals surface area contributed by atoms with Gasteiger partial charge in [0.15, 0.2) is 0 Å². The smallest absolute Gasteiger partial charge is 0.246 e. The van der Waals surface area contributed by atoms with E-state index in [0.29, 0.717) is 17.4 Å². The Bertz CT molecular complexity index is 1230. The van der Waals surface area contributed by atoms with Crippen molar-refractivity contribution in [2.24, 2.45) is 0 Å². The number of nitrogens with zero attached hydrogens (tertiary/aromatic N) is 3. The van der Waals surface area contributed by atoms with Crippen LogP contribution in [-0.2, 0) is 16.1 Å². The molecule has 0 bridgehead atoms. The molecule has 1 N–H and O–H groups in total. The highest BCUT2D eigenvalue weighted by Gasteiger charge is 2.20. The van der Waals surface area contributed by atoms with Gasteiger partial charge in [0, 0.05) is 23.9 Å². The summed E-state index contributed by atoms with van der Waals surface area (Å²) in [5, 5.41) is 2.87. The monoisotopic (exact) mass is 458 g/mol. The van der Waals surface area contributed by atoms with Gasteiger partial charge in [-0.3, -0.25) is 19.5 Å². The number of amides is 2. The van der Waals surface area contributed by atoms with Crippen molar-refractivity contribution in [3.63, 3.8) is 0 Å². The molecule has 34 heavy (non-hydrogen) atoms. The number of imidazole rings is 1. The quantitative estimate of drug-likeness (QED) is 0.398. The Balaban J connectivity index is 1.59. The highest BCUT2D eigenvalue weighted by molar-refractivity contribution is 5.93. The lowest BCUT2D eigenvalue weighted by molar-refractivity contribution is -0.135. The van der Waals surface area contributed by atoms with Crippen LogP contribution in [-0.4, -0.2) is 39.9 Å². The summed E-state index contributed by atoms with van der Waals surface area (Å²) in [7, 11) is 1.62. The lowest BCUT2D eigenvalue weighted by Crippen LogP contribution is -2.37. The second-order valence-corrected chi connectivity index (χ2v) is 7.61. The van der Waals surface area contributed by atoms with Gasteiger partial charge in [-0.25, -0.2) is 4.98 Å². The third-order valence-electron chi connectivity index (χ3n) is 5.29. The van der Waals surface area contributed by atoms with Crippen LogP contribution in [0.4, 0.5) is 5.95 Å². The molecule has 2 amide bonds. The molecule has 0 fully saturated rings. The van der Waals surface area contributed by atoms with E-state index in [1.807, 2.05) is 65.4 Å². The third-order valence-corrected chi connectivity index (χ3v) is 5.29. The van der Waals surface area contributed by atoms with E-state index in [1.54, 1.807) is 32.4 Å². The maximum atomic E-state index is 13.0. The number of methoxy groups -OCH3 is 1. The molecule has 0 unspecified atom stereocenters. The van der Waals surface area contributed by atoms with Crippen LogP contribution >= 0.6 is 0 Å². The largest absolute Gasteiger partial charge is 0.497 e. The van der Waals surface area contributed by atoms with Gasteiger partial charge < -0.3 is 14.1 Å². The molecule has 4 aromatic rings. The number of aromatic nitrogens is 2. The van der Waals surface area contributed by atoms with E-state index in [-0.39, 0.29) is 31.3 Å². The van der Waals surface area contributed by atoms with Crippen molar-refractivity contribution < 1.29 is 18.7 Å². The molecule has 2 heterocycles. The van der Waals surface area contributed by atoms with Crippen LogP contribution < -0.4 is 10.1 Å². The summed E-state index contributed by atoms with van der Waals surface area (Å²) in [5.74, 6) is 1.23. The molecule has 0 radical (unpaired) electrons. The van der Waals surface area contributed by atoms with Crippen molar-refractivity contribution in [3.8, 4) is 22.7 Å². The number of para-hydroxylation sites is 1. The van der Waals surface area contributed by atoms with Gasteiger partial charge in [0.25, 0.3) is 0 Å². The molecule has 8 heteroatoms. The molecule has 2 aromatic carbocycles. The van der Waals surface area contributed by atoms with Crippen molar-refractivity contribution in [1.29, 1.82) is 0 Å². The highest BCUT2D eigenvalue weighted by atomic mass is 16.5. The Morgan fingerprint density at radius 3 is 2.47 bits per heavy atom. The summed E-state index contributed by atoms with van der Waals surface area (Å²) in [6.07, 6.45) is 3.69. The van der Waals surface area contributed by atoms with E-state index < -0.39 is 0 Å². The van der Waals surface area contributed by atoms with Gasteiger partial charge in [0.05, 0.1) is 25.6 Å². The summed E-state index contributed by atoms with van der Waals surface area (Å²) in [5.41, 5.74) is 2.42. The van der Waals surface area contributed by atoms with Gasteiger partial charge in [-0.2, -0.15) is 0 Å². The number of furan rings is 1. The van der Waals surface area contributed by atoms with E-state index in [9.17, 15) is 9.59 Å². The topological polar surface area (TPSA) is 89.6 Å². The number of hydrogen-bond donors (Lipinski definition) is 1. The Labute approximate surface area is 197 Å². The summed E-state index contributed by atoms with van der Waals surface area (Å²) in [6.45, 7) is 1.86. The van der Waals surface area contributed by atoms with Gasteiger partial charge in [0.2, 0.25) is 17.8 Å². The first-order valence-corrected chi connectivity index (χ1v) is 11.0. The Hall–Kier alpha value is -4.33.